The number of rotatable bonds is 2. The summed E-state index contributed by atoms with van der Waals surface area (Å²) >= 11 is 5.53. The summed E-state index contributed by atoms with van der Waals surface area (Å²) in [5, 5.41) is 8.33. The van der Waals surface area contributed by atoms with Crippen molar-refractivity contribution in [3.63, 3.8) is 0 Å². The molecule has 0 aromatic carbocycles. The van der Waals surface area contributed by atoms with Crippen LogP contribution in [-0.4, -0.2) is 15.2 Å². The molecule has 0 aliphatic rings. The third-order valence-electron chi connectivity index (χ3n) is 0.325. The van der Waals surface area contributed by atoms with Crippen LogP contribution in [-0.2, 0) is 0 Å². The normalized spacial score (nSPS) is 8.00. The van der Waals surface area contributed by atoms with Crippen LogP contribution in [0.25, 0.3) is 0 Å². The van der Waals surface area contributed by atoms with Crippen LogP contribution >= 0.6 is 24.0 Å². The molecule has 0 heterocycles. The van der Waals surface area contributed by atoms with Crippen molar-refractivity contribution in [2.45, 2.75) is 0 Å². The molecule has 0 saturated heterocycles. The van der Waals surface area contributed by atoms with Gasteiger partial charge in [0, 0.05) is 5.75 Å². The predicted molar refractivity (Wildman–Crippen MR) is 37.9 cm³/mol. The summed E-state index contributed by atoms with van der Waals surface area (Å²) in [6.45, 7) is 3.44. The second-order valence-corrected chi connectivity index (χ2v) is 2.52. The highest BCUT2D eigenvalue weighted by Gasteiger charge is 1.84. The summed E-state index contributed by atoms with van der Waals surface area (Å²) in [5.74, 6) is 0.690. The van der Waals surface area contributed by atoms with Gasteiger partial charge in [-0.1, -0.05) is 17.8 Å². The van der Waals surface area contributed by atoms with Crippen LogP contribution in [0.15, 0.2) is 12.7 Å². The minimum atomic E-state index is -0.0140. The molecule has 0 saturated carbocycles. The number of aliphatic hydroxyl groups excluding tert-OH is 1. The highest BCUT2D eigenvalue weighted by atomic mass is 32.2. The number of thiocarbonyl (C=S) groups is 1. The van der Waals surface area contributed by atoms with E-state index in [0.717, 1.165) is 0 Å². The summed E-state index contributed by atoms with van der Waals surface area (Å²) in [4.78, 5) is 0. The van der Waals surface area contributed by atoms with E-state index in [4.69, 9.17) is 5.11 Å². The van der Waals surface area contributed by atoms with Crippen molar-refractivity contribution in [2.24, 2.45) is 0 Å². The first-order valence-corrected chi connectivity index (χ1v) is 3.13. The van der Waals surface area contributed by atoms with E-state index in [-0.39, 0.29) is 4.38 Å². The average molecular weight is 134 g/mol. The molecule has 0 aliphatic carbocycles. The molecule has 0 aliphatic heterocycles. The Morgan fingerprint density at radius 2 is 2.57 bits per heavy atom. The third kappa shape index (κ3) is 5.98. The molecule has 0 bridgehead atoms. The van der Waals surface area contributed by atoms with Gasteiger partial charge in [0.2, 0.25) is 4.38 Å². The zero-order valence-corrected chi connectivity index (χ0v) is 5.39. The van der Waals surface area contributed by atoms with E-state index in [1.54, 1.807) is 6.08 Å². The quantitative estimate of drug-likeness (QED) is 0.459. The van der Waals surface area contributed by atoms with Crippen LogP contribution in [0.4, 0.5) is 0 Å². The van der Waals surface area contributed by atoms with Gasteiger partial charge in [0.05, 0.1) is 0 Å². The van der Waals surface area contributed by atoms with E-state index in [1.807, 2.05) is 0 Å². The van der Waals surface area contributed by atoms with E-state index in [9.17, 15) is 0 Å². The highest BCUT2D eigenvalue weighted by molar-refractivity contribution is 8.22. The Balaban J connectivity index is 2.97. The lowest BCUT2D eigenvalue weighted by Gasteiger charge is -1.85. The van der Waals surface area contributed by atoms with Gasteiger partial charge in [-0.3, -0.25) is 0 Å². The maximum Gasteiger partial charge on any atom is 0.217 e. The molecule has 1 N–H and O–H groups in total. The molecule has 0 aromatic heterocycles. The van der Waals surface area contributed by atoms with Crippen molar-refractivity contribution in [3.8, 4) is 0 Å². The maximum atomic E-state index is 8.33. The van der Waals surface area contributed by atoms with Crippen molar-refractivity contribution in [1.29, 1.82) is 0 Å². The number of hydrogen-bond acceptors (Lipinski definition) is 2. The van der Waals surface area contributed by atoms with Crippen LogP contribution in [0, 0.1) is 0 Å². The minimum Gasteiger partial charge on any atom is -0.494 e. The topological polar surface area (TPSA) is 20.2 Å². The van der Waals surface area contributed by atoms with Gasteiger partial charge < -0.3 is 5.11 Å². The van der Waals surface area contributed by atoms with E-state index < -0.39 is 0 Å². The summed E-state index contributed by atoms with van der Waals surface area (Å²) < 4.78 is -0.0140. The maximum absolute atomic E-state index is 8.33. The number of aliphatic hydroxyl groups is 1. The molecule has 0 fully saturated rings. The van der Waals surface area contributed by atoms with Gasteiger partial charge in [0.25, 0.3) is 0 Å². The molecular weight excluding hydrogens is 128 g/mol. The first-order valence-electron chi connectivity index (χ1n) is 1.74. The van der Waals surface area contributed by atoms with Crippen LogP contribution in [0.1, 0.15) is 0 Å². The monoisotopic (exact) mass is 134 g/mol. The Morgan fingerprint density at radius 3 is 2.71 bits per heavy atom. The first-order chi connectivity index (χ1) is 3.27. The van der Waals surface area contributed by atoms with Gasteiger partial charge in [-0.25, -0.2) is 0 Å². The van der Waals surface area contributed by atoms with Crippen molar-refractivity contribution >= 4 is 28.4 Å². The summed E-state index contributed by atoms with van der Waals surface area (Å²) in [7, 11) is 0. The molecule has 0 spiro atoms. The lowest BCUT2D eigenvalue weighted by molar-refractivity contribution is 0.586. The molecule has 7 heavy (non-hydrogen) atoms. The van der Waals surface area contributed by atoms with E-state index in [2.05, 4.69) is 18.8 Å². The molecule has 0 rings (SSSR count). The average Bonchev–Trinajstić information content (AvgIpc) is 1.61. The fourth-order valence-electron chi connectivity index (χ4n) is 0.130. The molecular formula is C4H6OS2. The van der Waals surface area contributed by atoms with Crippen molar-refractivity contribution in [2.75, 3.05) is 5.75 Å². The number of hydrogen-bond donors (Lipinski definition) is 1. The zero-order valence-electron chi connectivity index (χ0n) is 3.76. The zero-order chi connectivity index (χ0) is 5.70. The standard InChI is InChI=1S/C4H6OS2/c1-2-3-7-4(5)6/h2H,1,3H2,(H,5,6). The Labute approximate surface area is 52.4 Å². The third-order valence-corrected chi connectivity index (χ3v) is 1.33. The summed E-state index contributed by atoms with van der Waals surface area (Å²) in [6.07, 6.45) is 1.69. The molecule has 40 valence electrons. The van der Waals surface area contributed by atoms with Crippen LogP contribution < -0.4 is 0 Å². The fraction of sp³-hybridized carbons (Fsp3) is 0.250. The lowest BCUT2D eigenvalue weighted by atomic mass is 10.8. The van der Waals surface area contributed by atoms with Gasteiger partial charge in [-0.15, -0.1) is 6.58 Å². The second kappa shape index (κ2) is 4.15. The molecule has 0 amide bonds. The molecule has 0 unspecified atom stereocenters. The van der Waals surface area contributed by atoms with Crippen LogP contribution in [0.3, 0.4) is 0 Å². The van der Waals surface area contributed by atoms with E-state index in [0.29, 0.717) is 5.75 Å². The molecule has 0 aromatic rings. The molecule has 3 heteroatoms. The van der Waals surface area contributed by atoms with Crippen molar-refractivity contribution in [3.05, 3.63) is 12.7 Å². The Hall–Kier alpha value is -0.0200. The Kier molecular flexibility index (Phi) is 4.14. The van der Waals surface area contributed by atoms with Gasteiger partial charge in [0.15, 0.2) is 0 Å². The molecule has 1 nitrogen and oxygen atoms in total. The minimum absolute atomic E-state index is 0.0140. The molecule has 0 radical (unpaired) electrons. The second-order valence-electron chi connectivity index (χ2n) is 0.866. The SMILES string of the molecule is C=CCSC(O)=S. The van der Waals surface area contributed by atoms with Gasteiger partial charge in [0.1, 0.15) is 0 Å². The summed E-state index contributed by atoms with van der Waals surface area (Å²) in [6, 6.07) is 0. The summed E-state index contributed by atoms with van der Waals surface area (Å²) in [5.41, 5.74) is 0. The number of thioether (sulfide) groups is 1. The van der Waals surface area contributed by atoms with E-state index >= 15 is 0 Å². The molecule has 0 atom stereocenters. The van der Waals surface area contributed by atoms with Crippen molar-refractivity contribution < 1.29 is 5.11 Å². The first kappa shape index (κ1) is 6.98. The van der Waals surface area contributed by atoms with E-state index in [1.165, 1.54) is 11.8 Å². The smallest absolute Gasteiger partial charge is 0.217 e. The Bertz CT molecular complexity index is 79.8. The van der Waals surface area contributed by atoms with Gasteiger partial charge in [-0.05, 0) is 12.2 Å². The van der Waals surface area contributed by atoms with Crippen molar-refractivity contribution in [1.82, 2.24) is 0 Å². The lowest BCUT2D eigenvalue weighted by Crippen LogP contribution is -1.81. The Morgan fingerprint density at radius 1 is 2.00 bits per heavy atom. The van der Waals surface area contributed by atoms with Crippen LogP contribution in [0.5, 0.6) is 0 Å². The fourth-order valence-corrected chi connectivity index (χ4v) is 0.595. The van der Waals surface area contributed by atoms with Gasteiger partial charge in [-0.2, -0.15) is 0 Å². The largest absolute Gasteiger partial charge is 0.494 e. The predicted octanol–water partition coefficient (Wildman–Crippen LogP) is 1.75. The highest BCUT2D eigenvalue weighted by Crippen LogP contribution is 1.99. The van der Waals surface area contributed by atoms with Crippen LogP contribution in [0.2, 0.25) is 0 Å². The van der Waals surface area contributed by atoms with Gasteiger partial charge >= 0.3 is 0 Å².